The molecule has 0 saturated carbocycles. The molecular formula is C14H17FN2O4S. The molecule has 2 rings (SSSR count). The van der Waals surface area contributed by atoms with E-state index in [0.29, 0.717) is 18.8 Å². The Morgan fingerprint density at radius 2 is 2.09 bits per heavy atom. The quantitative estimate of drug-likeness (QED) is 0.640. The van der Waals surface area contributed by atoms with Crippen LogP contribution in [-0.2, 0) is 4.84 Å². The van der Waals surface area contributed by atoms with E-state index in [1.807, 2.05) is 6.08 Å². The molecule has 0 aromatic heterocycles. The Balaban J connectivity index is 1.80. The molecule has 1 aromatic carbocycles. The third kappa shape index (κ3) is 5.08. The molecule has 0 radical (unpaired) electrons. The first-order valence-corrected chi connectivity index (χ1v) is 7.72. The van der Waals surface area contributed by atoms with Gasteiger partial charge in [-0.05, 0) is 29.7 Å². The molecule has 1 aliphatic rings. The van der Waals surface area contributed by atoms with Gasteiger partial charge in [0.15, 0.2) is 0 Å². The van der Waals surface area contributed by atoms with Crippen LogP contribution in [0.3, 0.4) is 0 Å². The molecule has 0 bridgehead atoms. The van der Waals surface area contributed by atoms with Crippen molar-refractivity contribution in [2.45, 2.75) is 6.42 Å². The van der Waals surface area contributed by atoms with Crippen LogP contribution in [0.2, 0.25) is 0 Å². The van der Waals surface area contributed by atoms with Gasteiger partial charge in [0.05, 0.1) is 12.0 Å². The summed E-state index contributed by atoms with van der Waals surface area (Å²) in [5.74, 6) is 0.0569. The third-order valence-corrected chi connectivity index (χ3v) is 4.07. The Kier molecular flexibility index (Phi) is 6.34. The van der Waals surface area contributed by atoms with Gasteiger partial charge >= 0.3 is 0 Å². The number of amides is 1. The summed E-state index contributed by atoms with van der Waals surface area (Å²) in [6, 6.07) is 6.32. The maximum absolute atomic E-state index is 12.9. The fraction of sp³-hybridized carbons (Fsp3) is 0.357. The van der Waals surface area contributed by atoms with Gasteiger partial charge in [-0.2, -0.15) is 0 Å². The van der Waals surface area contributed by atoms with Crippen molar-refractivity contribution >= 4 is 22.6 Å². The van der Waals surface area contributed by atoms with Crippen molar-refractivity contribution in [2.75, 3.05) is 25.4 Å². The Morgan fingerprint density at radius 3 is 2.68 bits per heavy atom. The molecular weight excluding hydrogens is 311 g/mol. The zero-order chi connectivity index (χ0) is 15.9. The van der Waals surface area contributed by atoms with E-state index in [9.17, 15) is 9.18 Å². The maximum atomic E-state index is 12.9. The molecule has 0 spiro atoms. The highest BCUT2D eigenvalue weighted by molar-refractivity contribution is 8.13. The Hall–Kier alpha value is -1.45. The molecule has 2 N–H and O–H groups in total. The highest BCUT2D eigenvalue weighted by Gasteiger charge is 2.18. The lowest BCUT2D eigenvalue weighted by Gasteiger charge is -2.26. The smallest absolute Gasteiger partial charge is 0.282 e. The van der Waals surface area contributed by atoms with E-state index in [0.717, 1.165) is 29.3 Å². The number of rotatable bonds is 5. The van der Waals surface area contributed by atoms with Crippen LogP contribution in [0.15, 0.2) is 30.3 Å². The van der Waals surface area contributed by atoms with Gasteiger partial charge in [-0.3, -0.25) is 15.2 Å². The lowest BCUT2D eigenvalue weighted by Crippen LogP contribution is -2.32. The Labute approximate surface area is 131 Å². The third-order valence-electron chi connectivity index (χ3n) is 3.20. The van der Waals surface area contributed by atoms with E-state index < -0.39 is 0 Å². The molecule has 1 aliphatic heterocycles. The van der Waals surface area contributed by atoms with Crippen molar-refractivity contribution in [2.24, 2.45) is 0 Å². The highest BCUT2D eigenvalue weighted by Crippen LogP contribution is 2.24. The summed E-state index contributed by atoms with van der Waals surface area (Å²) in [6.07, 6.45) is 2.68. The van der Waals surface area contributed by atoms with Crippen LogP contribution in [0, 0.1) is 5.82 Å². The Bertz CT molecular complexity index is 536. The molecule has 0 unspecified atom stereocenters. The number of hydrogen-bond acceptors (Lipinski definition) is 6. The van der Waals surface area contributed by atoms with Gasteiger partial charge < -0.3 is 4.90 Å². The van der Waals surface area contributed by atoms with Crippen molar-refractivity contribution in [3.63, 3.8) is 0 Å². The number of halogens is 1. The lowest BCUT2D eigenvalue weighted by molar-refractivity contribution is -0.490. The standard InChI is InChI=1S/C14H17FN2O4S/c15-13-3-1-11(2-4-13)12-5-7-16(8-6-12)14(18)22-10-9-21-17(19)20/h1-5,19-20H,6-10H2. The monoisotopic (exact) mass is 328 g/mol. The number of nitrogens with zero attached hydrogens (tertiary/aromatic N) is 2. The Morgan fingerprint density at radius 1 is 1.36 bits per heavy atom. The summed E-state index contributed by atoms with van der Waals surface area (Å²) < 4.78 is 12.9. The average Bonchev–Trinajstić information content (AvgIpc) is 2.52. The van der Waals surface area contributed by atoms with Gasteiger partial charge in [0, 0.05) is 18.8 Å². The van der Waals surface area contributed by atoms with Crippen LogP contribution in [0.4, 0.5) is 9.18 Å². The van der Waals surface area contributed by atoms with Crippen LogP contribution in [-0.4, -0.2) is 51.4 Å². The second kappa shape index (κ2) is 8.25. The normalized spacial score (nSPS) is 15.1. The SMILES string of the molecule is O=C(SCCON(O)O)N1CC=C(c2ccc(F)cc2)CC1. The van der Waals surface area contributed by atoms with Gasteiger partial charge in [0.25, 0.3) is 5.24 Å². The molecule has 0 saturated heterocycles. The fourth-order valence-electron chi connectivity index (χ4n) is 2.10. The second-order valence-electron chi connectivity index (χ2n) is 4.63. The highest BCUT2D eigenvalue weighted by atomic mass is 32.2. The molecule has 1 amide bonds. The molecule has 0 aliphatic carbocycles. The van der Waals surface area contributed by atoms with Crippen molar-refractivity contribution in [1.29, 1.82) is 0 Å². The van der Waals surface area contributed by atoms with E-state index in [4.69, 9.17) is 10.4 Å². The van der Waals surface area contributed by atoms with Gasteiger partial charge in [0.2, 0.25) is 0 Å². The van der Waals surface area contributed by atoms with Crippen LogP contribution in [0.5, 0.6) is 0 Å². The molecule has 0 atom stereocenters. The van der Waals surface area contributed by atoms with Crippen LogP contribution >= 0.6 is 11.8 Å². The van der Waals surface area contributed by atoms with Crippen molar-refractivity contribution < 1.29 is 24.4 Å². The van der Waals surface area contributed by atoms with E-state index >= 15 is 0 Å². The van der Waals surface area contributed by atoms with E-state index in [-0.39, 0.29) is 23.1 Å². The predicted molar refractivity (Wildman–Crippen MR) is 79.8 cm³/mol. The largest absolute Gasteiger partial charge is 0.330 e. The van der Waals surface area contributed by atoms with Crippen molar-refractivity contribution in [1.82, 2.24) is 10.3 Å². The van der Waals surface area contributed by atoms with Crippen LogP contribution in [0.1, 0.15) is 12.0 Å². The predicted octanol–water partition coefficient (Wildman–Crippen LogP) is 2.78. The molecule has 8 heteroatoms. The van der Waals surface area contributed by atoms with Crippen molar-refractivity contribution in [3.8, 4) is 0 Å². The van der Waals surface area contributed by atoms with Gasteiger partial charge in [-0.15, -0.1) is 0 Å². The zero-order valence-electron chi connectivity index (χ0n) is 11.8. The van der Waals surface area contributed by atoms with Gasteiger partial charge in [0.1, 0.15) is 5.82 Å². The summed E-state index contributed by atoms with van der Waals surface area (Å²) in [6.45, 7) is 1.13. The molecule has 6 nitrogen and oxygen atoms in total. The van der Waals surface area contributed by atoms with Crippen LogP contribution < -0.4 is 0 Å². The summed E-state index contributed by atoms with van der Waals surface area (Å²) in [5.41, 5.74) is 2.08. The molecule has 1 heterocycles. The maximum Gasteiger partial charge on any atom is 0.282 e. The van der Waals surface area contributed by atoms with E-state index in [2.05, 4.69) is 4.84 Å². The summed E-state index contributed by atoms with van der Waals surface area (Å²) in [7, 11) is 0. The number of benzene rings is 1. The van der Waals surface area contributed by atoms with Crippen molar-refractivity contribution in [3.05, 3.63) is 41.7 Å². The van der Waals surface area contributed by atoms with E-state index in [1.165, 1.54) is 12.1 Å². The first-order valence-electron chi connectivity index (χ1n) is 6.74. The minimum Gasteiger partial charge on any atom is -0.330 e. The van der Waals surface area contributed by atoms with Gasteiger partial charge in [-0.25, -0.2) is 9.23 Å². The first kappa shape index (κ1) is 16.9. The van der Waals surface area contributed by atoms with Gasteiger partial charge in [-0.1, -0.05) is 30.0 Å². The number of thioether (sulfide) groups is 1. The molecule has 0 fully saturated rings. The van der Waals surface area contributed by atoms with Crippen LogP contribution in [0.25, 0.3) is 5.57 Å². The fourth-order valence-corrected chi connectivity index (χ4v) is 2.78. The topological polar surface area (TPSA) is 73.2 Å². The summed E-state index contributed by atoms with van der Waals surface area (Å²) in [5, 5.41) is 16.2. The number of carbonyl (C=O) groups excluding carboxylic acids is 1. The minimum atomic E-state index is -0.371. The molecule has 22 heavy (non-hydrogen) atoms. The van der Waals surface area contributed by atoms with E-state index in [1.54, 1.807) is 17.0 Å². The summed E-state index contributed by atoms with van der Waals surface area (Å²) in [4.78, 5) is 18.0. The average molecular weight is 328 g/mol. The second-order valence-corrected chi connectivity index (χ2v) is 5.68. The number of carbonyl (C=O) groups is 1. The zero-order valence-corrected chi connectivity index (χ0v) is 12.6. The lowest BCUT2D eigenvalue weighted by atomic mass is 10.00. The molecule has 120 valence electrons. The number of hydrogen-bond donors (Lipinski definition) is 2. The molecule has 1 aromatic rings. The minimum absolute atomic E-state index is 0.0217. The first-order chi connectivity index (χ1) is 10.6. The summed E-state index contributed by atoms with van der Waals surface area (Å²) >= 11 is 1.06.